The lowest BCUT2D eigenvalue weighted by Gasteiger charge is -2.23. The van der Waals surface area contributed by atoms with Crippen LogP contribution in [0.15, 0.2) is 47.8 Å². The maximum atomic E-state index is 12.1. The molecule has 0 bridgehead atoms. The molecule has 0 saturated heterocycles. The first-order chi connectivity index (χ1) is 9.76. The first-order valence-electron chi connectivity index (χ1n) is 6.68. The Kier molecular flexibility index (Phi) is 5.32. The van der Waals surface area contributed by atoms with E-state index in [0.29, 0.717) is 0 Å². The van der Waals surface area contributed by atoms with Crippen LogP contribution >= 0.6 is 11.3 Å². The van der Waals surface area contributed by atoms with Crippen molar-refractivity contribution in [2.45, 2.75) is 25.4 Å². The second-order valence-corrected chi connectivity index (χ2v) is 5.49. The van der Waals surface area contributed by atoms with E-state index in [-0.39, 0.29) is 12.0 Å². The van der Waals surface area contributed by atoms with Gasteiger partial charge in [-0.2, -0.15) is 0 Å². The number of carbonyl (C=O) groups is 1. The Balaban J connectivity index is 2.22. The zero-order valence-corrected chi connectivity index (χ0v) is 12.5. The maximum absolute atomic E-state index is 12.1. The summed E-state index contributed by atoms with van der Waals surface area (Å²) in [5.74, 6) is -0.258. The number of methoxy groups -OCH3 is 1. The number of hydrogen-bond donors (Lipinski definition) is 1. The second kappa shape index (κ2) is 7.22. The first kappa shape index (κ1) is 14.8. The minimum Gasteiger partial charge on any atom is -0.468 e. The van der Waals surface area contributed by atoms with Crippen LogP contribution in [0, 0.1) is 0 Å². The van der Waals surface area contributed by atoms with Crippen LogP contribution in [0.25, 0.3) is 0 Å². The number of nitrogens with one attached hydrogen (secondary N) is 1. The molecule has 2 atom stereocenters. The van der Waals surface area contributed by atoms with Crippen molar-refractivity contribution >= 4 is 17.3 Å². The largest absolute Gasteiger partial charge is 0.468 e. The van der Waals surface area contributed by atoms with Crippen molar-refractivity contribution in [3.05, 3.63) is 58.3 Å². The van der Waals surface area contributed by atoms with Crippen LogP contribution in [0.2, 0.25) is 0 Å². The number of benzene rings is 1. The zero-order chi connectivity index (χ0) is 14.4. The Morgan fingerprint density at radius 1 is 1.25 bits per heavy atom. The van der Waals surface area contributed by atoms with Crippen LogP contribution in [0.4, 0.5) is 0 Å². The number of rotatable bonds is 6. The summed E-state index contributed by atoms with van der Waals surface area (Å²) in [5, 5.41) is 5.46. The van der Waals surface area contributed by atoms with Gasteiger partial charge in [0.05, 0.1) is 7.11 Å². The van der Waals surface area contributed by atoms with Gasteiger partial charge in [0.1, 0.15) is 6.04 Å². The predicted octanol–water partition coefficient (Wildman–Crippen LogP) is 3.70. The first-order valence-corrected chi connectivity index (χ1v) is 7.56. The Labute approximate surface area is 123 Å². The molecule has 2 unspecified atom stereocenters. The molecule has 0 saturated carbocycles. The fraction of sp³-hybridized carbons (Fsp3) is 0.312. The van der Waals surface area contributed by atoms with Gasteiger partial charge in [-0.15, -0.1) is 11.3 Å². The van der Waals surface area contributed by atoms with Gasteiger partial charge in [-0.05, 0) is 23.4 Å². The van der Waals surface area contributed by atoms with E-state index in [2.05, 4.69) is 23.7 Å². The Morgan fingerprint density at radius 2 is 2.00 bits per heavy atom. The van der Waals surface area contributed by atoms with Gasteiger partial charge < -0.3 is 4.74 Å². The van der Waals surface area contributed by atoms with E-state index in [1.807, 2.05) is 36.4 Å². The third-order valence-corrected chi connectivity index (χ3v) is 4.22. The predicted molar refractivity (Wildman–Crippen MR) is 81.7 cm³/mol. The fourth-order valence-corrected chi connectivity index (χ4v) is 3.03. The van der Waals surface area contributed by atoms with Gasteiger partial charge in [0.15, 0.2) is 0 Å². The average molecular weight is 289 g/mol. The number of carbonyl (C=O) groups excluding carboxylic acids is 1. The van der Waals surface area contributed by atoms with Crippen LogP contribution in [0.1, 0.15) is 35.9 Å². The lowest BCUT2D eigenvalue weighted by atomic mass is 10.0. The molecule has 1 N–H and O–H groups in total. The Hall–Kier alpha value is -1.65. The highest BCUT2D eigenvalue weighted by atomic mass is 32.1. The van der Waals surface area contributed by atoms with Gasteiger partial charge in [-0.1, -0.05) is 43.3 Å². The normalized spacial score (nSPS) is 13.7. The van der Waals surface area contributed by atoms with Crippen molar-refractivity contribution < 1.29 is 9.53 Å². The molecular weight excluding hydrogens is 270 g/mol. The van der Waals surface area contributed by atoms with Crippen molar-refractivity contribution in [1.29, 1.82) is 0 Å². The van der Waals surface area contributed by atoms with Crippen molar-refractivity contribution in [1.82, 2.24) is 5.32 Å². The number of ether oxygens (including phenoxy) is 1. The monoisotopic (exact) mass is 289 g/mol. The van der Waals surface area contributed by atoms with Crippen LogP contribution in [-0.4, -0.2) is 13.1 Å². The molecule has 1 aromatic heterocycles. The molecule has 0 fully saturated rings. The Bertz CT molecular complexity index is 525. The zero-order valence-electron chi connectivity index (χ0n) is 11.7. The quantitative estimate of drug-likeness (QED) is 0.824. The molecule has 0 spiro atoms. The molecule has 1 heterocycles. The van der Waals surface area contributed by atoms with Gasteiger partial charge in [0.25, 0.3) is 0 Å². The summed E-state index contributed by atoms with van der Waals surface area (Å²) in [6.45, 7) is 2.11. The van der Waals surface area contributed by atoms with Crippen LogP contribution in [0.3, 0.4) is 0 Å². The molecular formula is C16H19NO2S. The van der Waals surface area contributed by atoms with Crippen molar-refractivity contribution in [3.63, 3.8) is 0 Å². The summed E-state index contributed by atoms with van der Waals surface area (Å²) in [7, 11) is 1.42. The minimum atomic E-state index is -0.437. The third-order valence-electron chi connectivity index (χ3n) is 3.23. The van der Waals surface area contributed by atoms with Crippen LogP contribution in [0.5, 0.6) is 0 Å². The molecule has 4 heteroatoms. The van der Waals surface area contributed by atoms with E-state index < -0.39 is 6.04 Å². The van der Waals surface area contributed by atoms with Crippen molar-refractivity contribution in [2.75, 3.05) is 7.11 Å². The van der Waals surface area contributed by atoms with Crippen LogP contribution in [-0.2, 0) is 9.53 Å². The van der Waals surface area contributed by atoms with Crippen molar-refractivity contribution in [3.8, 4) is 0 Å². The highest BCUT2D eigenvalue weighted by Crippen LogP contribution is 2.26. The SMILES string of the molecule is CCC(NC(C(=O)OC)c1ccccc1)c1cccs1. The van der Waals surface area contributed by atoms with Gasteiger partial charge in [-0.25, -0.2) is 4.79 Å². The smallest absolute Gasteiger partial charge is 0.327 e. The Morgan fingerprint density at radius 3 is 2.55 bits per heavy atom. The van der Waals surface area contributed by atoms with E-state index in [1.165, 1.54) is 12.0 Å². The summed E-state index contributed by atoms with van der Waals surface area (Å²) in [6, 6.07) is 13.5. The van der Waals surface area contributed by atoms with E-state index in [9.17, 15) is 4.79 Å². The summed E-state index contributed by atoms with van der Waals surface area (Å²) >= 11 is 1.70. The molecule has 106 valence electrons. The number of hydrogen-bond acceptors (Lipinski definition) is 4. The minimum absolute atomic E-state index is 0.152. The van der Waals surface area contributed by atoms with Crippen LogP contribution < -0.4 is 5.32 Å². The molecule has 0 amide bonds. The number of esters is 1. The summed E-state index contributed by atoms with van der Waals surface area (Å²) in [5.41, 5.74) is 0.925. The summed E-state index contributed by atoms with van der Waals surface area (Å²) in [4.78, 5) is 13.3. The molecule has 20 heavy (non-hydrogen) atoms. The molecule has 2 rings (SSSR count). The van der Waals surface area contributed by atoms with E-state index in [1.54, 1.807) is 11.3 Å². The highest BCUT2D eigenvalue weighted by molar-refractivity contribution is 7.10. The molecule has 0 aliphatic rings. The molecule has 3 nitrogen and oxygen atoms in total. The third kappa shape index (κ3) is 3.46. The molecule has 0 radical (unpaired) electrons. The maximum Gasteiger partial charge on any atom is 0.327 e. The topological polar surface area (TPSA) is 38.3 Å². The van der Waals surface area contributed by atoms with E-state index in [0.717, 1.165) is 12.0 Å². The van der Waals surface area contributed by atoms with Gasteiger partial charge in [-0.3, -0.25) is 5.32 Å². The molecule has 0 aliphatic carbocycles. The van der Waals surface area contributed by atoms with E-state index in [4.69, 9.17) is 4.74 Å². The molecule has 2 aromatic rings. The van der Waals surface area contributed by atoms with E-state index >= 15 is 0 Å². The van der Waals surface area contributed by atoms with Gasteiger partial charge in [0, 0.05) is 10.9 Å². The second-order valence-electron chi connectivity index (χ2n) is 4.51. The van der Waals surface area contributed by atoms with Crippen molar-refractivity contribution in [2.24, 2.45) is 0 Å². The highest BCUT2D eigenvalue weighted by Gasteiger charge is 2.24. The fourth-order valence-electron chi connectivity index (χ4n) is 2.16. The molecule has 1 aromatic carbocycles. The lowest BCUT2D eigenvalue weighted by Crippen LogP contribution is -2.32. The summed E-state index contributed by atoms with van der Waals surface area (Å²) in [6.07, 6.45) is 0.918. The lowest BCUT2D eigenvalue weighted by molar-refractivity contribution is -0.143. The standard InChI is InChI=1S/C16H19NO2S/c1-3-13(14-10-7-11-20-14)17-15(16(18)19-2)12-8-5-4-6-9-12/h4-11,13,15,17H,3H2,1-2H3. The number of thiophene rings is 1. The molecule has 0 aliphatic heterocycles. The van der Waals surface area contributed by atoms with Gasteiger partial charge >= 0.3 is 5.97 Å². The average Bonchev–Trinajstić information content (AvgIpc) is 3.03. The summed E-state index contributed by atoms with van der Waals surface area (Å²) < 4.78 is 4.93. The van der Waals surface area contributed by atoms with Gasteiger partial charge in [0.2, 0.25) is 0 Å².